The first kappa shape index (κ1) is 15.2. The minimum absolute atomic E-state index is 0.118. The standard InChI is InChI=1S/C14H24N2OS/c1-3-12(8-9-15)6-7-14(17)16-11(2)13-5-4-10-18-13/h4-5,10-12H,3,6-9,15H2,1-2H3,(H,16,17)/t11-,12?/m1/s1. The zero-order valence-corrected chi connectivity index (χ0v) is 12.1. The second-order valence-corrected chi connectivity index (χ2v) is 5.67. The molecule has 0 saturated heterocycles. The molecule has 0 radical (unpaired) electrons. The van der Waals surface area contributed by atoms with E-state index in [1.54, 1.807) is 11.3 Å². The molecule has 0 aliphatic rings. The van der Waals surface area contributed by atoms with Gasteiger partial charge in [-0.1, -0.05) is 19.4 Å². The van der Waals surface area contributed by atoms with E-state index in [4.69, 9.17) is 5.73 Å². The number of nitrogens with two attached hydrogens (primary N) is 1. The molecule has 1 aromatic rings. The van der Waals surface area contributed by atoms with Gasteiger partial charge in [-0.25, -0.2) is 0 Å². The highest BCUT2D eigenvalue weighted by molar-refractivity contribution is 7.10. The number of carbonyl (C=O) groups is 1. The minimum Gasteiger partial charge on any atom is -0.349 e. The average Bonchev–Trinajstić information content (AvgIpc) is 2.88. The summed E-state index contributed by atoms with van der Waals surface area (Å²) >= 11 is 1.68. The predicted octanol–water partition coefficient (Wildman–Crippen LogP) is 3.08. The van der Waals surface area contributed by atoms with Gasteiger partial charge in [-0.15, -0.1) is 11.3 Å². The van der Waals surface area contributed by atoms with E-state index < -0.39 is 0 Å². The van der Waals surface area contributed by atoms with E-state index in [0.29, 0.717) is 18.9 Å². The van der Waals surface area contributed by atoms with E-state index in [-0.39, 0.29) is 11.9 Å². The van der Waals surface area contributed by atoms with Crippen LogP contribution in [0, 0.1) is 5.92 Å². The lowest BCUT2D eigenvalue weighted by Gasteiger charge is -2.15. The van der Waals surface area contributed by atoms with Gasteiger partial charge in [0.05, 0.1) is 6.04 Å². The quantitative estimate of drug-likeness (QED) is 0.761. The zero-order chi connectivity index (χ0) is 13.4. The molecule has 3 nitrogen and oxygen atoms in total. The van der Waals surface area contributed by atoms with Crippen LogP contribution < -0.4 is 11.1 Å². The highest BCUT2D eigenvalue weighted by Gasteiger charge is 2.12. The lowest BCUT2D eigenvalue weighted by molar-refractivity contribution is -0.122. The fraction of sp³-hybridized carbons (Fsp3) is 0.643. The van der Waals surface area contributed by atoms with Crippen molar-refractivity contribution < 1.29 is 4.79 Å². The van der Waals surface area contributed by atoms with Crippen molar-refractivity contribution in [1.82, 2.24) is 5.32 Å². The molecule has 0 bridgehead atoms. The Bertz CT molecular complexity index is 338. The number of hydrogen-bond donors (Lipinski definition) is 2. The summed E-state index contributed by atoms with van der Waals surface area (Å²) in [6.45, 7) is 4.90. The Labute approximate surface area is 114 Å². The Hall–Kier alpha value is -0.870. The van der Waals surface area contributed by atoms with Crippen LogP contribution >= 0.6 is 11.3 Å². The molecule has 1 heterocycles. The Kier molecular flexibility index (Phi) is 6.98. The van der Waals surface area contributed by atoms with Crippen molar-refractivity contribution in [3.05, 3.63) is 22.4 Å². The third-order valence-electron chi connectivity index (χ3n) is 3.28. The largest absolute Gasteiger partial charge is 0.349 e. The molecule has 0 fully saturated rings. The van der Waals surface area contributed by atoms with Crippen molar-refractivity contribution in [2.24, 2.45) is 11.7 Å². The molecule has 2 atom stereocenters. The highest BCUT2D eigenvalue weighted by atomic mass is 32.1. The smallest absolute Gasteiger partial charge is 0.220 e. The molecule has 0 saturated carbocycles. The van der Waals surface area contributed by atoms with Crippen molar-refractivity contribution in [1.29, 1.82) is 0 Å². The summed E-state index contributed by atoms with van der Waals surface area (Å²) in [5, 5.41) is 5.08. The van der Waals surface area contributed by atoms with Gasteiger partial charge in [0.2, 0.25) is 5.91 Å². The van der Waals surface area contributed by atoms with Crippen molar-refractivity contribution >= 4 is 17.2 Å². The maximum Gasteiger partial charge on any atom is 0.220 e. The van der Waals surface area contributed by atoms with Crippen LogP contribution in [0.2, 0.25) is 0 Å². The van der Waals surface area contributed by atoms with E-state index in [1.807, 2.05) is 18.4 Å². The first-order chi connectivity index (χ1) is 8.67. The lowest BCUT2D eigenvalue weighted by Crippen LogP contribution is -2.26. The molecule has 1 aromatic heterocycles. The monoisotopic (exact) mass is 268 g/mol. The number of rotatable bonds is 8. The number of carbonyl (C=O) groups excluding carboxylic acids is 1. The van der Waals surface area contributed by atoms with Crippen LogP contribution in [0.1, 0.15) is 50.4 Å². The van der Waals surface area contributed by atoms with Gasteiger partial charge in [-0.05, 0) is 43.7 Å². The fourth-order valence-electron chi connectivity index (χ4n) is 2.05. The van der Waals surface area contributed by atoms with Crippen molar-refractivity contribution in [3.63, 3.8) is 0 Å². The van der Waals surface area contributed by atoms with E-state index in [0.717, 1.165) is 19.3 Å². The molecule has 18 heavy (non-hydrogen) atoms. The summed E-state index contributed by atoms with van der Waals surface area (Å²) < 4.78 is 0. The molecule has 1 rings (SSSR count). The third-order valence-corrected chi connectivity index (χ3v) is 4.33. The SMILES string of the molecule is CCC(CCN)CCC(=O)N[C@H](C)c1cccs1. The Balaban J connectivity index is 2.29. The van der Waals surface area contributed by atoms with Crippen molar-refractivity contribution in [2.45, 2.75) is 45.6 Å². The molecular weight excluding hydrogens is 244 g/mol. The number of amides is 1. The summed E-state index contributed by atoms with van der Waals surface area (Å²) in [5.74, 6) is 0.726. The van der Waals surface area contributed by atoms with Crippen LogP contribution in [-0.2, 0) is 4.79 Å². The Morgan fingerprint density at radius 1 is 1.50 bits per heavy atom. The topological polar surface area (TPSA) is 55.1 Å². The highest BCUT2D eigenvalue weighted by Crippen LogP contribution is 2.19. The Morgan fingerprint density at radius 3 is 2.83 bits per heavy atom. The van der Waals surface area contributed by atoms with Gasteiger partial charge in [0.25, 0.3) is 0 Å². The summed E-state index contributed by atoms with van der Waals surface area (Å²) in [7, 11) is 0. The third kappa shape index (κ3) is 5.19. The van der Waals surface area contributed by atoms with Crippen LogP contribution in [0.3, 0.4) is 0 Å². The maximum absolute atomic E-state index is 11.8. The van der Waals surface area contributed by atoms with Crippen molar-refractivity contribution in [3.8, 4) is 0 Å². The lowest BCUT2D eigenvalue weighted by atomic mass is 9.96. The number of nitrogens with one attached hydrogen (secondary N) is 1. The molecule has 1 amide bonds. The van der Waals surface area contributed by atoms with Gasteiger partial charge < -0.3 is 11.1 Å². The normalized spacial score (nSPS) is 14.2. The summed E-state index contributed by atoms with van der Waals surface area (Å²) in [5.41, 5.74) is 5.56. The van der Waals surface area contributed by atoms with Crippen LogP contribution in [0.4, 0.5) is 0 Å². The summed E-state index contributed by atoms with van der Waals surface area (Å²) in [6.07, 6.45) is 3.67. The molecule has 0 spiro atoms. The molecular formula is C14H24N2OS. The van der Waals surface area contributed by atoms with Gasteiger partial charge in [0.15, 0.2) is 0 Å². The molecule has 4 heteroatoms. The van der Waals surface area contributed by atoms with Crippen LogP contribution in [0.25, 0.3) is 0 Å². The van der Waals surface area contributed by atoms with Crippen LogP contribution in [0.5, 0.6) is 0 Å². The van der Waals surface area contributed by atoms with Gasteiger partial charge in [0.1, 0.15) is 0 Å². The van der Waals surface area contributed by atoms with Crippen LogP contribution in [-0.4, -0.2) is 12.5 Å². The molecule has 1 unspecified atom stereocenters. The second-order valence-electron chi connectivity index (χ2n) is 4.69. The Morgan fingerprint density at radius 2 is 2.28 bits per heavy atom. The minimum atomic E-state index is 0.118. The van der Waals surface area contributed by atoms with Gasteiger partial charge in [0, 0.05) is 11.3 Å². The predicted molar refractivity (Wildman–Crippen MR) is 77.6 cm³/mol. The molecule has 102 valence electrons. The van der Waals surface area contributed by atoms with Crippen LogP contribution in [0.15, 0.2) is 17.5 Å². The van der Waals surface area contributed by atoms with Gasteiger partial charge >= 0.3 is 0 Å². The molecule has 3 N–H and O–H groups in total. The van der Waals surface area contributed by atoms with Gasteiger partial charge in [-0.3, -0.25) is 4.79 Å². The second kappa shape index (κ2) is 8.27. The number of hydrogen-bond acceptors (Lipinski definition) is 3. The van der Waals surface area contributed by atoms with E-state index in [9.17, 15) is 4.79 Å². The zero-order valence-electron chi connectivity index (χ0n) is 11.3. The molecule has 0 aliphatic carbocycles. The van der Waals surface area contributed by atoms with E-state index in [1.165, 1.54) is 4.88 Å². The van der Waals surface area contributed by atoms with Crippen molar-refractivity contribution in [2.75, 3.05) is 6.54 Å². The maximum atomic E-state index is 11.8. The first-order valence-corrected chi connectivity index (χ1v) is 7.58. The molecule has 0 aromatic carbocycles. The first-order valence-electron chi connectivity index (χ1n) is 6.70. The van der Waals surface area contributed by atoms with Gasteiger partial charge in [-0.2, -0.15) is 0 Å². The summed E-state index contributed by atoms with van der Waals surface area (Å²) in [6, 6.07) is 4.18. The average molecular weight is 268 g/mol. The fourth-order valence-corrected chi connectivity index (χ4v) is 2.78. The van der Waals surface area contributed by atoms with E-state index >= 15 is 0 Å². The number of thiophene rings is 1. The molecule has 0 aliphatic heterocycles. The summed E-state index contributed by atoms with van der Waals surface area (Å²) in [4.78, 5) is 13.0. The van der Waals surface area contributed by atoms with E-state index in [2.05, 4.69) is 18.3 Å².